The Kier molecular flexibility index (Phi) is 3.13. The Morgan fingerprint density at radius 3 is 2.72 bits per heavy atom. The number of fused-ring (bicyclic) bond motifs is 1. The average molecular weight is 245 g/mol. The summed E-state index contributed by atoms with van der Waals surface area (Å²) in [6, 6.07) is 7.72. The van der Waals surface area contributed by atoms with Gasteiger partial charge in [-0.15, -0.1) is 0 Å². The third-order valence-corrected chi connectivity index (χ3v) is 2.84. The fraction of sp³-hybridized carbons (Fsp3) is 0.357. The Balaban J connectivity index is 2.43. The number of benzene rings is 1. The zero-order chi connectivity index (χ0) is 13.3. The van der Waals surface area contributed by atoms with Gasteiger partial charge in [-0.05, 0) is 38.1 Å². The molecule has 0 aliphatic carbocycles. The molecule has 0 aliphatic rings. The highest BCUT2D eigenvalue weighted by atomic mass is 16.3. The van der Waals surface area contributed by atoms with Crippen LogP contribution in [0.15, 0.2) is 30.5 Å². The monoisotopic (exact) mass is 245 g/mol. The van der Waals surface area contributed by atoms with Crippen molar-refractivity contribution in [3.63, 3.8) is 0 Å². The van der Waals surface area contributed by atoms with Crippen LogP contribution in [0.3, 0.4) is 0 Å². The summed E-state index contributed by atoms with van der Waals surface area (Å²) in [6.07, 6.45) is 1.75. The average Bonchev–Trinajstić information content (AvgIpc) is 2.27. The highest BCUT2D eigenvalue weighted by Gasteiger charge is 2.18. The fourth-order valence-electron chi connectivity index (χ4n) is 2.16. The Bertz CT molecular complexity index is 560. The van der Waals surface area contributed by atoms with Crippen molar-refractivity contribution in [3.8, 4) is 0 Å². The van der Waals surface area contributed by atoms with Crippen molar-refractivity contribution in [3.05, 3.63) is 30.5 Å². The summed E-state index contributed by atoms with van der Waals surface area (Å²) in [5.41, 5.74) is 7.92. The molecule has 2 aromatic rings. The maximum absolute atomic E-state index is 9.86. The molecule has 0 unspecified atom stereocenters. The molecule has 0 bridgehead atoms. The Morgan fingerprint density at radius 2 is 2.06 bits per heavy atom. The Labute approximate surface area is 107 Å². The van der Waals surface area contributed by atoms with E-state index in [-0.39, 0.29) is 0 Å². The lowest BCUT2D eigenvalue weighted by Crippen LogP contribution is -2.36. The van der Waals surface area contributed by atoms with E-state index in [1.54, 1.807) is 20.0 Å². The highest BCUT2D eigenvalue weighted by Crippen LogP contribution is 2.30. The zero-order valence-electron chi connectivity index (χ0n) is 11.0. The van der Waals surface area contributed by atoms with Crippen molar-refractivity contribution >= 4 is 22.3 Å². The summed E-state index contributed by atoms with van der Waals surface area (Å²) in [4.78, 5) is 6.23. The van der Waals surface area contributed by atoms with E-state index in [9.17, 15) is 5.11 Å². The molecule has 0 saturated carbocycles. The van der Waals surface area contributed by atoms with Gasteiger partial charge in [0.25, 0.3) is 0 Å². The topological polar surface area (TPSA) is 62.4 Å². The number of likely N-dealkylation sites (N-methyl/N-ethyl adjacent to an activating group) is 1. The van der Waals surface area contributed by atoms with Crippen LogP contribution in [0.25, 0.3) is 10.9 Å². The van der Waals surface area contributed by atoms with Gasteiger partial charge in [-0.25, -0.2) is 0 Å². The van der Waals surface area contributed by atoms with Crippen molar-refractivity contribution < 1.29 is 5.11 Å². The van der Waals surface area contributed by atoms with Crippen LogP contribution in [-0.4, -0.2) is 29.3 Å². The highest BCUT2D eigenvalue weighted by molar-refractivity contribution is 5.97. The smallest absolute Gasteiger partial charge is 0.0765 e. The number of rotatable bonds is 3. The third-order valence-electron chi connectivity index (χ3n) is 2.84. The minimum atomic E-state index is -0.759. The molecule has 2 rings (SSSR count). The van der Waals surface area contributed by atoms with E-state index in [2.05, 4.69) is 4.98 Å². The molecule has 0 atom stereocenters. The van der Waals surface area contributed by atoms with Crippen LogP contribution in [-0.2, 0) is 0 Å². The summed E-state index contributed by atoms with van der Waals surface area (Å²) in [6.45, 7) is 4.08. The number of hydrogen-bond donors (Lipinski definition) is 2. The molecule has 1 aromatic carbocycles. The second kappa shape index (κ2) is 4.46. The van der Waals surface area contributed by atoms with Gasteiger partial charge in [0.1, 0.15) is 0 Å². The lowest BCUT2D eigenvalue weighted by molar-refractivity contribution is 0.0886. The summed E-state index contributed by atoms with van der Waals surface area (Å²) in [7, 11) is 1.92. The van der Waals surface area contributed by atoms with Crippen LogP contribution in [0, 0.1) is 0 Å². The first kappa shape index (κ1) is 12.6. The number of aliphatic hydroxyl groups is 1. The first-order valence-corrected chi connectivity index (χ1v) is 5.95. The molecule has 0 aliphatic heterocycles. The normalized spacial score (nSPS) is 11.8. The van der Waals surface area contributed by atoms with Crippen molar-refractivity contribution in [2.24, 2.45) is 0 Å². The maximum Gasteiger partial charge on any atom is 0.0765 e. The van der Waals surface area contributed by atoms with Crippen LogP contribution in [0.2, 0.25) is 0 Å². The third kappa shape index (κ3) is 2.54. The molecule has 3 N–H and O–H groups in total. The van der Waals surface area contributed by atoms with Crippen molar-refractivity contribution in [1.29, 1.82) is 0 Å². The SMILES string of the molecule is CN(CC(C)(C)O)c1ccc2ncccc2c1N. The van der Waals surface area contributed by atoms with Crippen LogP contribution < -0.4 is 10.6 Å². The van der Waals surface area contributed by atoms with Crippen LogP contribution in [0.4, 0.5) is 11.4 Å². The van der Waals surface area contributed by atoms with Gasteiger partial charge in [-0.1, -0.05) is 0 Å². The molecule has 0 saturated heterocycles. The van der Waals surface area contributed by atoms with Crippen molar-refractivity contribution in [2.75, 3.05) is 24.2 Å². The van der Waals surface area contributed by atoms with E-state index in [1.165, 1.54) is 0 Å². The predicted molar refractivity (Wildman–Crippen MR) is 75.7 cm³/mol. The minimum absolute atomic E-state index is 0.517. The van der Waals surface area contributed by atoms with Crippen LogP contribution in [0.1, 0.15) is 13.8 Å². The largest absolute Gasteiger partial charge is 0.396 e. The summed E-state index contributed by atoms with van der Waals surface area (Å²) < 4.78 is 0. The number of pyridine rings is 1. The number of nitrogens with two attached hydrogens (primary N) is 1. The Morgan fingerprint density at radius 1 is 1.33 bits per heavy atom. The molecule has 0 amide bonds. The minimum Gasteiger partial charge on any atom is -0.396 e. The summed E-state index contributed by atoms with van der Waals surface area (Å²) in [5.74, 6) is 0. The molecular weight excluding hydrogens is 226 g/mol. The van der Waals surface area contributed by atoms with E-state index < -0.39 is 5.60 Å². The lowest BCUT2D eigenvalue weighted by atomic mass is 10.1. The number of aromatic nitrogens is 1. The van der Waals surface area contributed by atoms with E-state index in [1.807, 2.05) is 36.2 Å². The zero-order valence-corrected chi connectivity index (χ0v) is 11.0. The van der Waals surface area contributed by atoms with Gasteiger partial charge < -0.3 is 15.7 Å². The molecule has 0 fully saturated rings. The molecule has 4 nitrogen and oxygen atoms in total. The lowest BCUT2D eigenvalue weighted by Gasteiger charge is -2.28. The van der Waals surface area contributed by atoms with E-state index in [0.717, 1.165) is 16.6 Å². The Hall–Kier alpha value is -1.81. The number of hydrogen-bond acceptors (Lipinski definition) is 4. The number of nitrogens with zero attached hydrogens (tertiary/aromatic N) is 2. The maximum atomic E-state index is 9.86. The first-order valence-electron chi connectivity index (χ1n) is 5.95. The van der Waals surface area contributed by atoms with E-state index >= 15 is 0 Å². The van der Waals surface area contributed by atoms with E-state index in [0.29, 0.717) is 12.2 Å². The molecule has 96 valence electrons. The van der Waals surface area contributed by atoms with Gasteiger partial charge >= 0.3 is 0 Å². The summed E-state index contributed by atoms with van der Waals surface area (Å²) in [5, 5.41) is 10.8. The number of anilines is 2. The van der Waals surface area contributed by atoms with Gasteiger partial charge in [-0.2, -0.15) is 0 Å². The molecule has 4 heteroatoms. The van der Waals surface area contributed by atoms with E-state index in [4.69, 9.17) is 5.73 Å². The molecule has 1 heterocycles. The van der Waals surface area contributed by atoms with Gasteiger partial charge in [0, 0.05) is 25.2 Å². The van der Waals surface area contributed by atoms with Crippen molar-refractivity contribution in [1.82, 2.24) is 4.98 Å². The predicted octanol–water partition coefficient (Wildman–Crippen LogP) is 2.02. The first-order chi connectivity index (χ1) is 8.38. The van der Waals surface area contributed by atoms with Gasteiger partial charge in [0.15, 0.2) is 0 Å². The van der Waals surface area contributed by atoms with Crippen LogP contribution in [0.5, 0.6) is 0 Å². The van der Waals surface area contributed by atoms with Crippen LogP contribution >= 0.6 is 0 Å². The molecule has 0 radical (unpaired) electrons. The standard InChI is InChI=1S/C14H19N3O/c1-14(2,18)9-17(3)12-7-6-11-10(13(12)15)5-4-8-16-11/h4-8,18H,9,15H2,1-3H3. The van der Waals surface area contributed by atoms with Crippen molar-refractivity contribution in [2.45, 2.75) is 19.4 Å². The van der Waals surface area contributed by atoms with Gasteiger partial charge in [0.05, 0.1) is 22.5 Å². The van der Waals surface area contributed by atoms with Gasteiger partial charge in [0.2, 0.25) is 0 Å². The quantitative estimate of drug-likeness (QED) is 0.812. The fourth-order valence-corrected chi connectivity index (χ4v) is 2.16. The van der Waals surface area contributed by atoms with Gasteiger partial charge in [-0.3, -0.25) is 4.98 Å². The number of nitrogen functional groups attached to an aromatic ring is 1. The second-order valence-corrected chi connectivity index (χ2v) is 5.24. The molecule has 0 spiro atoms. The molecular formula is C14H19N3O. The summed E-state index contributed by atoms with van der Waals surface area (Å²) >= 11 is 0. The molecule has 18 heavy (non-hydrogen) atoms. The molecule has 1 aromatic heterocycles. The second-order valence-electron chi connectivity index (χ2n) is 5.24.